The van der Waals surface area contributed by atoms with E-state index >= 15 is 0 Å². The lowest BCUT2D eigenvalue weighted by Crippen LogP contribution is -2.50. The summed E-state index contributed by atoms with van der Waals surface area (Å²) in [4.78, 5) is 21.3. The molecule has 32 heavy (non-hydrogen) atoms. The van der Waals surface area contributed by atoms with Crippen molar-refractivity contribution in [1.82, 2.24) is 19.9 Å². The second-order valence-electron chi connectivity index (χ2n) is 7.96. The third-order valence-electron chi connectivity index (χ3n) is 5.78. The predicted molar refractivity (Wildman–Crippen MR) is 121 cm³/mol. The first kappa shape index (κ1) is 21.5. The standard InChI is InChI=1S/C24H26N6O2/c1-17-3-7-20(8-4-17)23-27-24(32-28-23)18(2)29-11-13-30(14-12-29)22(31)16-26-21-9-5-19(15-25)6-10-21/h3-10,18,26H,11-14,16H2,1-2H3. The van der Waals surface area contributed by atoms with Gasteiger partial charge in [-0.25, -0.2) is 0 Å². The van der Waals surface area contributed by atoms with E-state index in [2.05, 4.69) is 33.4 Å². The zero-order valence-electron chi connectivity index (χ0n) is 18.3. The summed E-state index contributed by atoms with van der Waals surface area (Å²) in [6.07, 6.45) is 0. The number of anilines is 1. The Kier molecular flexibility index (Phi) is 6.47. The van der Waals surface area contributed by atoms with Gasteiger partial charge in [0, 0.05) is 37.4 Å². The van der Waals surface area contributed by atoms with Crippen molar-refractivity contribution in [3.05, 3.63) is 65.5 Å². The number of carbonyl (C=O) groups excluding carboxylic acids is 1. The number of aromatic nitrogens is 2. The van der Waals surface area contributed by atoms with E-state index in [4.69, 9.17) is 9.78 Å². The van der Waals surface area contributed by atoms with Crippen molar-refractivity contribution in [3.63, 3.8) is 0 Å². The molecule has 1 amide bonds. The average Bonchev–Trinajstić information content (AvgIpc) is 3.33. The third-order valence-corrected chi connectivity index (χ3v) is 5.78. The van der Waals surface area contributed by atoms with Gasteiger partial charge in [-0.05, 0) is 38.1 Å². The number of nitrogens with zero attached hydrogens (tertiary/aromatic N) is 5. The van der Waals surface area contributed by atoms with Crippen molar-refractivity contribution < 1.29 is 9.32 Å². The van der Waals surface area contributed by atoms with Crippen LogP contribution in [-0.2, 0) is 4.79 Å². The van der Waals surface area contributed by atoms with Gasteiger partial charge in [0.2, 0.25) is 17.6 Å². The third kappa shape index (κ3) is 4.95. The van der Waals surface area contributed by atoms with E-state index in [-0.39, 0.29) is 18.5 Å². The van der Waals surface area contributed by atoms with Gasteiger partial charge in [-0.1, -0.05) is 35.0 Å². The summed E-state index contributed by atoms with van der Waals surface area (Å²) < 4.78 is 5.53. The molecule has 1 unspecified atom stereocenters. The highest BCUT2D eigenvalue weighted by Crippen LogP contribution is 2.23. The van der Waals surface area contributed by atoms with Crippen LogP contribution in [0, 0.1) is 18.3 Å². The molecular formula is C24H26N6O2. The number of hydrogen-bond acceptors (Lipinski definition) is 7. The van der Waals surface area contributed by atoms with Gasteiger partial charge in [0.1, 0.15) is 0 Å². The molecule has 1 atom stereocenters. The number of rotatable bonds is 6. The van der Waals surface area contributed by atoms with Gasteiger partial charge in [-0.2, -0.15) is 10.2 Å². The smallest absolute Gasteiger partial charge is 0.244 e. The molecule has 1 N–H and O–H groups in total. The molecule has 1 aliphatic rings. The topological polar surface area (TPSA) is 98.3 Å². The minimum Gasteiger partial charge on any atom is -0.376 e. The Morgan fingerprint density at radius 1 is 1.12 bits per heavy atom. The van der Waals surface area contributed by atoms with E-state index in [0.717, 1.165) is 24.3 Å². The van der Waals surface area contributed by atoms with Gasteiger partial charge >= 0.3 is 0 Å². The molecule has 0 radical (unpaired) electrons. The Bertz CT molecular complexity index is 1090. The maximum Gasteiger partial charge on any atom is 0.244 e. The summed E-state index contributed by atoms with van der Waals surface area (Å²) in [5, 5.41) is 16.1. The van der Waals surface area contributed by atoms with Gasteiger partial charge in [-0.3, -0.25) is 9.69 Å². The Hall–Kier alpha value is -3.70. The Labute approximate surface area is 187 Å². The van der Waals surface area contributed by atoms with Gasteiger partial charge in [0.15, 0.2) is 0 Å². The highest BCUT2D eigenvalue weighted by Gasteiger charge is 2.27. The van der Waals surface area contributed by atoms with Crippen molar-refractivity contribution in [2.75, 3.05) is 38.0 Å². The maximum atomic E-state index is 12.6. The van der Waals surface area contributed by atoms with Crippen LogP contribution >= 0.6 is 0 Å². The van der Waals surface area contributed by atoms with Crippen molar-refractivity contribution in [3.8, 4) is 17.5 Å². The first-order valence-corrected chi connectivity index (χ1v) is 10.7. The molecule has 8 heteroatoms. The molecule has 0 aliphatic carbocycles. The van der Waals surface area contributed by atoms with Crippen LogP contribution in [0.15, 0.2) is 53.1 Å². The summed E-state index contributed by atoms with van der Waals surface area (Å²) in [6.45, 7) is 7.11. The molecule has 164 valence electrons. The molecule has 8 nitrogen and oxygen atoms in total. The number of amides is 1. The predicted octanol–water partition coefficient (Wildman–Crippen LogP) is 3.23. The molecule has 2 aromatic carbocycles. The van der Waals surface area contributed by atoms with Gasteiger partial charge in [-0.15, -0.1) is 0 Å². The van der Waals surface area contributed by atoms with Crippen LogP contribution < -0.4 is 5.32 Å². The molecule has 2 heterocycles. The lowest BCUT2D eigenvalue weighted by Gasteiger charge is -2.36. The zero-order valence-corrected chi connectivity index (χ0v) is 18.3. The van der Waals surface area contributed by atoms with Crippen molar-refractivity contribution in [1.29, 1.82) is 5.26 Å². The molecule has 1 fully saturated rings. The first-order chi connectivity index (χ1) is 15.5. The normalized spacial score (nSPS) is 15.2. The van der Waals surface area contributed by atoms with Crippen molar-refractivity contribution in [2.45, 2.75) is 19.9 Å². The number of carbonyl (C=O) groups is 1. The van der Waals surface area contributed by atoms with E-state index in [0.29, 0.717) is 30.4 Å². The summed E-state index contributed by atoms with van der Waals surface area (Å²) >= 11 is 0. The fourth-order valence-corrected chi connectivity index (χ4v) is 3.69. The molecule has 0 saturated carbocycles. The summed E-state index contributed by atoms with van der Waals surface area (Å²) in [7, 11) is 0. The fraction of sp³-hybridized carbons (Fsp3) is 0.333. The summed E-state index contributed by atoms with van der Waals surface area (Å²) in [5.74, 6) is 1.23. The molecule has 1 aliphatic heterocycles. The summed E-state index contributed by atoms with van der Waals surface area (Å²) in [6, 6.07) is 17.2. The van der Waals surface area contributed by atoms with Crippen LogP contribution in [0.25, 0.3) is 11.4 Å². The fourth-order valence-electron chi connectivity index (χ4n) is 3.69. The van der Waals surface area contributed by atoms with Gasteiger partial charge in [0.05, 0.1) is 24.2 Å². The maximum absolute atomic E-state index is 12.6. The first-order valence-electron chi connectivity index (χ1n) is 10.7. The van der Waals surface area contributed by atoms with Crippen LogP contribution in [0.5, 0.6) is 0 Å². The van der Waals surface area contributed by atoms with E-state index < -0.39 is 0 Å². The van der Waals surface area contributed by atoms with E-state index in [1.54, 1.807) is 24.3 Å². The lowest BCUT2D eigenvalue weighted by atomic mass is 10.1. The molecule has 1 aromatic heterocycles. The zero-order chi connectivity index (χ0) is 22.5. The quantitative estimate of drug-likeness (QED) is 0.641. The minimum absolute atomic E-state index is 0.0178. The molecule has 1 saturated heterocycles. The Morgan fingerprint density at radius 3 is 2.47 bits per heavy atom. The second kappa shape index (κ2) is 9.62. The summed E-state index contributed by atoms with van der Waals surface area (Å²) in [5.41, 5.74) is 3.54. The van der Waals surface area contributed by atoms with Gasteiger partial charge in [0.25, 0.3) is 0 Å². The second-order valence-corrected chi connectivity index (χ2v) is 7.96. The molecule has 4 rings (SSSR count). The lowest BCUT2D eigenvalue weighted by molar-refractivity contribution is -0.131. The molecule has 3 aromatic rings. The molecule has 0 bridgehead atoms. The van der Waals surface area contributed by atoms with E-state index in [9.17, 15) is 4.79 Å². The average molecular weight is 431 g/mol. The Balaban J connectivity index is 1.28. The number of hydrogen-bond donors (Lipinski definition) is 1. The van der Waals surface area contributed by atoms with Gasteiger partial charge < -0.3 is 14.7 Å². The van der Waals surface area contributed by atoms with Crippen LogP contribution in [0.3, 0.4) is 0 Å². The van der Waals surface area contributed by atoms with E-state index in [1.807, 2.05) is 36.1 Å². The number of nitrogens with one attached hydrogen (secondary N) is 1. The van der Waals surface area contributed by atoms with E-state index in [1.165, 1.54) is 5.56 Å². The monoisotopic (exact) mass is 430 g/mol. The van der Waals surface area contributed by atoms with Crippen molar-refractivity contribution >= 4 is 11.6 Å². The van der Waals surface area contributed by atoms with Crippen LogP contribution in [0.4, 0.5) is 5.69 Å². The largest absolute Gasteiger partial charge is 0.376 e. The van der Waals surface area contributed by atoms with Crippen molar-refractivity contribution in [2.24, 2.45) is 0 Å². The van der Waals surface area contributed by atoms with Crippen LogP contribution in [0.2, 0.25) is 0 Å². The molecule has 0 spiro atoms. The number of aryl methyl sites for hydroxylation is 1. The van der Waals surface area contributed by atoms with Crippen LogP contribution in [0.1, 0.15) is 30.0 Å². The number of benzene rings is 2. The highest BCUT2D eigenvalue weighted by molar-refractivity contribution is 5.81. The Morgan fingerprint density at radius 2 is 1.81 bits per heavy atom. The minimum atomic E-state index is -0.0178. The van der Waals surface area contributed by atoms with Crippen LogP contribution in [-0.4, -0.2) is 58.6 Å². The number of nitriles is 1. The highest BCUT2D eigenvalue weighted by atomic mass is 16.5. The SMILES string of the molecule is Cc1ccc(-c2noc(C(C)N3CCN(C(=O)CNc4ccc(C#N)cc4)CC3)n2)cc1. The molecular weight excluding hydrogens is 404 g/mol. The number of piperazine rings is 1.